The third-order valence-corrected chi connectivity index (χ3v) is 7.64. The second-order valence-corrected chi connectivity index (χ2v) is 9.46. The molecule has 0 spiro atoms. The fourth-order valence-electron chi connectivity index (χ4n) is 6.00. The van der Waals surface area contributed by atoms with E-state index in [9.17, 15) is 9.90 Å². The minimum atomic E-state index is -0.621. The van der Waals surface area contributed by atoms with Gasteiger partial charge in [0.2, 0.25) is 0 Å². The van der Waals surface area contributed by atoms with Crippen molar-refractivity contribution in [2.75, 3.05) is 0 Å². The first-order chi connectivity index (χ1) is 13.3. The quantitative estimate of drug-likeness (QED) is 0.624. The molecule has 0 radical (unpaired) electrons. The van der Waals surface area contributed by atoms with Gasteiger partial charge in [-0.1, -0.05) is 51.1 Å². The molecule has 0 aromatic heterocycles. The number of carbonyl (C=O) groups excluding carboxylic acids is 1. The number of aliphatic hydroxyl groups is 1. The molecule has 4 rings (SSSR count). The summed E-state index contributed by atoms with van der Waals surface area (Å²) in [6.07, 6.45) is 5.09. The number of carbonyl (C=O) groups is 1. The van der Waals surface area contributed by atoms with Crippen molar-refractivity contribution in [1.29, 1.82) is 0 Å². The molecule has 1 aromatic rings. The molecule has 1 N–H and O–H groups in total. The molecule has 7 atom stereocenters. The Labute approximate surface area is 167 Å². The van der Waals surface area contributed by atoms with E-state index in [1.54, 1.807) is 6.08 Å². The van der Waals surface area contributed by atoms with Gasteiger partial charge in [0.15, 0.2) is 0 Å². The average molecular weight is 385 g/mol. The Morgan fingerprint density at radius 2 is 2.00 bits per heavy atom. The van der Waals surface area contributed by atoms with E-state index in [0.717, 1.165) is 18.4 Å². The van der Waals surface area contributed by atoms with Crippen LogP contribution >= 0.6 is 0 Å². The van der Waals surface area contributed by atoms with Gasteiger partial charge in [-0.15, -0.1) is 0 Å². The average Bonchev–Trinajstić information content (AvgIpc) is 3.16. The minimum absolute atomic E-state index is 0.147. The van der Waals surface area contributed by atoms with Crippen molar-refractivity contribution in [2.45, 2.75) is 70.4 Å². The molecule has 3 fully saturated rings. The third kappa shape index (κ3) is 2.93. The maximum atomic E-state index is 12.8. The van der Waals surface area contributed by atoms with Gasteiger partial charge in [-0.25, -0.2) is 4.79 Å². The Morgan fingerprint density at radius 3 is 2.68 bits per heavy atom. The number of aliphatic hydroxyl groups excluding tert-OH is 1. The highest BCUT2D eigenvalue weighted by Crippen LogP contribution is 2.62. The van der Waals surface area contributed by atoms with Crippen LogP contribution in [0.25, 0.3) is 6.08 Å². The molecule has 1 saturated carbocycles. The largest absolute Gasteiger partial charge is 0.456 e. The molecule has 152 valence electrons. The molecule has 4 nitrogen and oxygen atoms in total. The summed E-state index contributed by atoms with van der Waals surface area (Å²) >= 11 is 0. The number of esters is 1. The first-order valence-corrected chi connectivity index (χ1v) is 10.6. The molecule has 1 aromatic carbocycles. The summed E-state index contributed by atoms with van der Waals surface area (Å²) < 4.78 is 12.8. The summed E-state index contributed by atoms with van der Waals surface area (Å²) in [5.74, 6) is 0.719. The van der Waals surface area contributed by atoms with E-state index in [4.69, 9.17) is 9.47 Å². The Balaban J connectivity index is 1.63. The number of rotatable bonds is 4. The summed E-state index contributed by atoms with van der Waals surface area (Å²) in [5, 5.41) is 10.9. The first-order valence-electron chi connectivity index (χ1n) is 10.6. The van der Waals surface area contributed by atoms with Crippen LogP contribution in [0.1, 0.15) is 52.5 Å². The van der Waals surface area contributed by atoms with E-state index in [2.05, 4.69) is 27.7 Å². The number of benzene rings is 1. The molecule has 2 saturated heterocycles. The molecule has 0 amide bonds. The molecular weight excluding hydrogens is 352 g/mol. The van der Waals surface area contributed by atoms with E-state index in [1.807, 2.05) is 30.3 Å². The predicted molar refractivity (Wildman–Crippen MR) is 108 cm³/mol. The fraction of sp³-hybridized carbons (Fsp3) is 0.625. The Bertz CT molecular complexity index is 757. The zero-order valence-corrected chi connectivity index (χ0v) is 17.3. The van der Waals surface area contributed by atoms with E-state index in [0.29, 0.717) is 12.3 Å². The molecular formula is C24H32O4. The van der Waals surface area contributed by atoms with Gasteiger partial charge in [0, 0.05) is 18.4 Å². The number of hydrogen-bond donors (Lipinski definition) is 1. The lowest BCUT2D eigenvalue weighted by Crippen LogP contribution is -2.62. The van der Waals surface area contributed by atoms with Crippen molar-refractivity contribution in [1.82, 2.24) is 0 Å². The Kier molecular flexibility index (Phi) is 4.91. The zero-order chi connectivity index (χ0) is 20.1. The van der Waals surface area contributed by atoms with Crippen LogP contribution in [0, 0.1) is 23.7 Å². The lowest BCUT2D eigenvalue weighted by Gasteiger charge is -2.52. The van der Waals surface area contributed by atoms with Crippen molar-refractivity contribution in [3.05, 3.63) is 42.0 Å². The van der Waals surface area contributed by atoms with Crippen LogP contribution < -0.4 is 0 Å². The second-order valence-electron chi connectivity index (χ2n) is 9.46. The molecule has 1 aliphatic carbocycles. The van der Waals surface area contributed by atoms with Gasteiger partial charge in [-0.05, 0) is 49.2 Å². The van der Waals surface area contributed by atoms with Gasteiger partial charge in [-0.2, -0.15) is 0 Å². The number of fused-ring (bicyclic) bond motifs is 4. The zero-order valence-electron chi connectivity index (χ0n) is 17.3. The van der Waals surface area contributed by atoms with Crippen LogP contribution in [0.15, 0.2) is 36.4 Å². The Hall–Kier alpha value is -1.65. The molecule has 4 heteroatoms. The minimum Gasteiger partial charge on any atom is -0.456 e. The molecule has 2 bridgehead atoms. The van der Waals surface area contributed by atoms with Crippen molar-refractivity contribution in [3.8, 4) is 0 Å². The van der Waals surface area contributed by atoms with Gasteiger partial charge in [0.25, 0.3) is 0 Å². The SMILES string of the molecule is CC(C)[C@]12C[C@H](O)[C@](C)(O1)[C@H]1CC[C@H](C)[C@@H]1[C@H]2OC(=O)/C=C/c1ccccc1. The highest BCUT2D eigenvalue weighted by Gasteiger charge is 2.70. The van der Waals surface area contributed by atoms with E-state index in [-0.39, 0.29) is 29.8 Å². The predicted octanol–water partition coefficient (Wildman–Crippen LogP) is 4.22. The normalized spacial score (nSPS) is 42.1. The highest BCUT2D eigenvalue weighted by atomic mass is 16.6. The fourth-order valence-corrected chi connectivity index (χ4v) is 6.00. The maximum Gasteiger partial charge on any atom is 0.331 e. The van der Waals surface area contributed by atoms with E-state index < -0.39 is 17.3 Å². The molecule has 2 aliphatic heterocycles. The van der Waals surface area contributed by atoms with Crippen LogP contribution in [-0.2, 0) is 14.3 Å². The van der Waals surface area contributed by atoms with Crippen molar-refractivity contribution in [2.24, 2.45) is 23.7 Å². The monoisotopic (exact) mass is 384 g/mol. The topological polar surface area (TPSA) is 55.8 Å². The van der Waals surface area contributed by atoms with Crippen molar-refractivity contribution < 1.29 is 19.4 Å². The lowest BCUT2D eigenvalue weighted by molar-refractivity contribution is -0.263. The van der Waals surface area contributed by atoms with Crippen LogP contribution in [0.2, 0.25) is 0 Å². The molecule has 2 heterocycles. The van der Waals surface area contributed by atoms with Gasteiger partial charge < -0.3 is 14.6 Å². The number of hydrogen-bond acceptors (Lipinski definition) is 4. The van der Waals surface area contributed by atoms with Crippen LogP contribution in [0.4, 0.5) is 0 Å². The van der Waals surface area contributed by atoms with Crippen LogP contribution in [-0.4, -0.2) is 34.5 Å². The third-order valence-electron chi connectivity index (χ3n) is 7.64. The lowest BCUT2D eigenvalue weighted by atomic mass is 9.69. The van der Waals surface area contributed by atoms with Gasteiger partial charge in [0.05, 0.1) is 11.7 Å². The maximum absolute atomic E-state index is 12.8. The standard InChI is InChI=1S/C24H32O4/c1-15(2)24-14-19(25)23(4,28-24)18-12-10-16(3)21(18)22(24)27-20(26)13-11-17-8-6-5-7-9-17/h5-9,11,13,15-16,18-19,21-22,25H,10,12,14H2,1-4H3/b13-11+/t16-,18-,19-,21-,22+,23+,24-/m0/s1. The van der Waals surface area contributed by atoms with Gasteiger partial charge >= 0.3 is 5.97 Å². The van der Waals surface area contributed by atoms with E-state index in [1.165, 1.54) is 6.08 Å². The van der Waals surface area contributed by atoms with Crippen molar-refractivity contribution in [3.63, 3.8) is 0 Å². The summed E-state index contributed by atoms with van der Waals surface area (Å²) in [6.45, 7) is 8.53. The highest BCUT2D eigenvalue weighted by molar-refractivity contribution is 5.87. The molecule has 3 aliphatic rings. The van der Waals surface area contributed by atoms with Gasteiger partial charge in [-0.3, -0.25) is 0 Å². The summed E-state index contributed by atoms with van der Waals surface area (Å²) in [7, 11) is 0. The van der Waals surface area contributed by atoms with Crippen LogP contribution in [0.3, 0.4) is 0 Å². The smallest absolute Gasteiger partial charge is 0.331 e. The summed E-state index contributed by atoms with van der Waals surface area (Å²) in [4.78, 5) is 12.8. The Morgan fingerprint density at radius 1 is 1.29 bits per heavy atom. The summed E-state index contributed by atoms with van der Waals surface area (Å²) in [5.41, 5.74) is -0.193. The summed E-state index contributed by atoms with van der Waals surface area (Å²) in [6, 6.07) is 9.75. The van der Waals surface area contributed by atoms with Crippen molar-refractivity contribution >= 4 is 12.0 Å². The van der Waals surface area contributed by atoms with E-state index >= 15 is 0 Å². The van der Waals surface area contributed by atoms with Crippen LogP contribution in [0.5, 0.6) is 0 Å². The first kappa shape index (κ1) is 19.7. The number of ether oxygens (including phenoxy) is 2. The molecule has 0 unspecified atom stereocenters. The van der Waals surface area contributed by atoms with Gasteiger partial charge in [0.1, 0.15) is 11.7 Å². The second kappa shape index (κ2) is 7.00. The molecule has 28 heavy (non-hydrogen) atoms.